The number of carbonyl (C=O) groups excluding carboxylic acids is 2. The van der Waals surface area contributed by atoms with Gasteiger partial charge in [0, 0.05) is 12.8 Å². The van der Waals surface area contributed by atoms with Crippen LogP contribution >= 0.6 is 7.82 Å². The van der Waals surface area contributed by atoms with Gasteiger partial charge in [0.15, 0.2) is 6.10 Å². The summed E-state index contributed by atoms with van der Waals surface area (Å²) in [6.07, 6.45) is 53.5. The van der Waals surface area contributed by atoms with Crippen molar-refractivity contribution >= 4 is 19.8 Å². The molecule has 55 heavy (non-hydrogen) atoms. The number of phosphoric ester groups is 1. The summed E-state index contributed by atoms with van der Waals surface area (Å²) in [5.41, 5.74) is 0. The monoisotopic (exact) mass is 791 g/mol. The number of allylic oxidation sites excluding steroid dienone is 12. The molecule has 9 heteroatoms. The van der Waals surface area contributed by atoms with Crippen LogP contribution in [0.5, 0.6) is 0 Å². The summed E-state index contributed by atoms with van der Waals surface area (Å²) >= 11 is 0. The van der Waals surface area contributed by atoms with E-state index in [0.717, 1.165) is 51.4 Å². The van der Waals surface area contributed by atoms with Crippen LogP contribution in [0.3, 0.4) is 0 Å². The van der Waals surface area contributed by atoms with E-state index in [1.54, 1.807) is 0 Å². The molecule has 316 valence electrons. The Kier molecular flexibility index (Phi) is 39.3. The zero-order valence-electron chi connectivity index (χ0n) is 34.8. The van der Waals surface area contributed by atoms with Crippen molar-refractivity contribution in [2.75, 3.05) is 13.2 Å². The number of esters is 2. The van der Waals surface area contributed by atoms with Crippen LogP contribution in [0.25, 0.3) is 0 Å². The maximum Gasteiger partial charge on any atom is 0.469 e. The molecule has 8 nitrogen and oxygen atoms in total. The molecule has 0 amide bonds. The SMILES string of the molecule is CC/C=C\C/C=C\C/C=C\C/C=C\C/C=C\C/C=C\CCC(=O)O[C@H](COC(=O)CCCCCCCCCCCCCCCCCCCC)COP(=O)(O)O. The average Bonchev–Trinajstić information content (AvgIpc) is 3.16. The molecule has 0 aliphatic rings. The molecule has 0 spiro atoms. The van der Waals surface area contributed by atoms with Crippen LogP contribution in [0.1, 0.15) is 187 Å². The number of hydrogen-bond acceptors (Lipinski definition) is 6. The van der Waals surface area contributed by atoms with Gasteiger partial charge in [0.2, 0.25) is 0 Å². The summed E-state index contributed by atoms with van der Waals surface area (Å²) in [7, 11) is -4.78. The number of rotatable bonds is 39. The highest BCUT2D eigenvalue weighted by Gasteiger charge is 2.22. The van der Waals surface area contributed by atoms with Gasteiger partial charge in [-0.05, 0) is 51.4 Å². The molecule has 0 unspecified atom stereocenters. The van der Waals surface area contributed by atoms with Crippen LogP contribution in [-0.2, 0) is 28.2 Å². The van der Waals surface area contributed by atoms with E-state index < -0.39 is 32.5 Å². The van der Waals surface area contributed by atoms with E-state index in [4.69, 9.17) is 19.3 Å². The number of unbranched alkanes of at least 4 members (excludes halogenated alkanes) is 17. The Bertz CT molecular complexity index is 1120. The first kappa shape index (κ1) is 52.5. The highest BCUT2D eigenvalue weighted by molar-refractivity contribution is 7.46. The van der Waals surface area contributed by atoms with E-state index in [0.29, 0.717) is 12.8 Å². The van der Waals surface area contributed by atoms with Crippen molar-refractivity contribution in [3.63, 3.8) is 0 Å². The molecule has 0 fully saturated rings. The zero-order chi connectivity index (χ0) is 40.3. The maximum absolute atomic E-state index is 12.4. The van der Waals surface area contributed by atoms with Crippen molar-refractivity contribution < 1.29 is 37.9 Å². The molecule has 0 aromatic heterocycles. The number of hydrogen-bond donors (Lipinski definition) is 2. The van der Waals surface area contributed by atoms with E-state index in [-0.39, 0.29) is 19.4 Å². The van der Waals surface area contributed by atoms with Gasteiger partial charge in [0.25, 0.3) is 0 Å². The van der Waals surface area contributed by atoms with Gasteiger partial charge in [-0.3, -0.25) is 14.1 Å². The van der Waals surface area contributed by atoms with Crippen molar-refractivity contribution in [1.82, 2.24) is 0 Å². The molecule has 1 atom stereocenters. The van der Waals surface area contributed by atoms with Crippen molar-refractivity contribution in [1.29, 1.82) is 0 Å². The lowest BCUT2D eigenvalue weighted by Crippen LogP contribution is -2.29. The van der Waals surface area contributed by atoms with Crippen molar-refractivity contribution in [3.8, 4) is 0 Å². The lowest BCUT2D eigenvalue weighted by Gasteiger charge is -2.18. The molecule has 0 aliphatic heterocycles. The fourth-order valence-corrected chi connectivity index (χ4v) is 6.17. The van der Waals surface area contributed by atoms with Gasteiger partial charge in [-0.1, -0.05) is 196 Å². The quantitative estimate of drug-likeness (QED) is 0.0273. The predicted octanol–water partition coefficient (Wildman–Crippen LogP) is 13.5. The van der Waals surface area contributed by atoms with Crippen LogP contribution in [0, 0.1) is 0 Å². The molecule has 0 saturated heterocycles. The maximum atomic E-state index is 12.4. The number of carbonyl (C=O) groups is 2. The predicted molar refractivity (Wildman–Crippen MR) is 230 cm³/mol. The Labute approximate surface area is 336 Å². The third-order valence-corrected chi connectivity index (χ3v) is 9.49. The van der Waals surface area contributed by atoms with E-state index in [9.17, 15) is 14.2 Å². The second-order valence-electron chi connectivity index (χ2n) is 14.3. The van der Waals surface area contributed by atoms with E-state index in [1.807, 2.05) is 12.2 Å². The Morgan fingerprint density at radius 2 is 0.873 bits per heavy atom. The largest absolute Gasteiger partial charge is 0.469 e. The molecule has 0 aromatic rings. The lowest BCUT2D eigenvalue weighted by atomic mass is 10.0. The molecule has 0 heterocycles. The van der Waals surface area contributed by atoms with Crippen molar-refractivity contribution in [3.05, 3.63) is 72.9 Å². The van der Waals surface area contributed by atoms with E-state index in [1.165, 1.54) is 96.3 Å². The number of phosphoric acid groups is 1. The minimum Gasteiger partial charge on any atom is -0.462 e. The summed E-state index contributed by atoms with van der Waals surface area (Å²) in [6, 6.07) is 0. The van der Waals surface area contributed by atoms with Gasteiger partial charge in [-0.2, -0.15) is 0 Å². The molecule has 0 saturated carbocycles. The Morgan fingerprint density at radius 3 is 1.27 bits per heavy atom. The topological polar surface area (TPSA) is 119 Å². The summed E-state index contributed by atoms with van der Waals surface area (Å²) in [5.74, 6) is -0.981. The average molecular weight is 791 g/mol. The van der Waals surface area contributed by atoms with Crippen LogP contribution in [0.2, 0.25) is 0 Å². The van der Waals surface area contributed by atoms with Crippen LogP contribution < -0.4 is 0 Å². The molecular weight excluding hydrogens is 711 g/mol. The fraction of sp³-hybridized carbons (Fsp3) is 0.696. The Morgan fingerprint density at radius 1 is 0.491 bits per heavy atom. The molecule has 0 aromatic carbocycles. The van der Waals surface area contributed by atoms with E-state index in [2.05, 4.69) is 79.1 Å². The van der Waals surface area contributed by atoms with Gasteiger partial charge in [0.1, 0.15) is 6.61 Å². The number of ether oxygens (including phenoxy) is 2. The second-order valence-corrected chi connectivity index (χ2v) is 15.5. The first-order valence-electron chi connectivity index (χ1n) is 21.7. The van der Waals surface area contributed by atoms with Crippen molar-refractivity contribution in [2.24, 2.45) is 0 Å². The summed E-state index contributed by atoms with van der Waals surface area (Å²) in [6.45, 7) is 3.52. The van der Waals surface area contributed by atoms with Crippen molar-refractivity contribution in [2.45, 2.75) is 193 Å². The fourth-order valence-electron chi connectivity index (χ4n) is 5.81. The summed E-state index contributed by atoms with van der Waals surface area (Å²) in [4.78, 5) is 42.9. The molecule has 0 radical (unpaired) electrons. The van der Waals surface area contributed by atoms with Crippen LogP contribution in [-0.4, -0.2) is 41.0 Å². The standard InChI is InChI=1S/C46H79O8P/c1-3-5-7-9-11-13-15-17-19-21-23-25-27-29-31-33-35-37-39-41-46(48)54-44(43-53-55(49,50)51)42-52-45(47)40-38-36-34-32-30-28-26-24-22-20-18-16-14-12-10-8-6-4-2/h5,7,11,13,17,19,23,25,29,31,35,37,44H,3-4,6,8-10,12,14-16,18,20-22,24,26-28,30,32-34,36,38-43H2,1-2H3,(H2,49,50,51)/b7-5-,13-11-,19-17-,25-23-,31-29-,37-35-/t44-/m1/s1. The summed E-state index contributed by atoms with van der Waals surface area (Å²) in [5, 5.41) is 0. The normalized spacial score (nSPS) is 13.2. The lowest BCUT2D eigenvalue weighted by molar-refractivity contribution is -0.161. The van der Waals surface area contributed by atoms with E-state index >= 15 is 0 Å². The molecule has 0 rings (SSSR count). The Hall–Kier alpha value is -2.51. The minimum atomic E-state index is -4.78. The smallest absolute Gasteiger partial charge is 0.462 e. The second kappa shape index (κ2) is 41.1. The van der Waals surface area contributed by atoms with Gasteiger partial charge in [-0.25, -0.2) is 4.57 Å². The van der Waals surface area contributed by atoms with Gasteiger partial charge < -0.3 is 19.3 Å². The zero-order valence-corrected chi connectivity index (χ0v) is 35.7. The van der Waals surface area contributed by atoms with Crippen LogP contribution in [0.4, 0.5) is 0 Å². The first-order valence-corrected chi connectivity index (χ1v) is 23.3. The Balaban J connectivity index is 4.02. The van der Waals surface area contributed by atoms with Gasteiger partial charge in [-0.15, -0.1) is 0 Å². The third-order valence-electron chi connectivity index (χ3n) is 9.00. The highest BCUT2D eigenvalue weighted by atomic mass is 31.2. The molecule has 0 aliphatic carbocycles. The minimum absolute atomic E-state index is 0.0852. The molecule has 2 N–H and O–H groups in total. The molecule has 0 bridgehead atoms. The molecular formula is C46H79O8P. The van der Waals surface area contributed by atoms with Gasteiger partial charge in [0.05, 0.1) is 6.61 Å². The third kappa shape index (κ3) is 44.1. The first-order chi connectivity index (χ1) is 26.8. The highest BCUT2D eigenvalue weighted by Crippen LogP contribution is 2.36. The van der Waals surface area contributed by atoms with Crippen LogP contribution in [0.15, 0.2) is 72.9 Å². The van der Waals surface area contributed by atoms with Gasteiger partial charge >= 0.3 is 19.8 Å². The summed E-state index contributed by atoms with van der Waals surface area (Å²) < 4.78 is 26.3.